The van der Waals surface area contributed by atoms with Crippen molar-refractivity contribution in [2.45, 2.75) is 11.8 Å². The molecule has 0 aromatic heterocycles. The van der Waals surface area contributed by atoms with Crippen LogP contribution < -0.4 is 15.8 Å². The number of azo groups is 1. The standard InChI is InChI=1S/C22H20N4O8S/c1-11-6-17(24-21(28)12-4-3-5-13(23)7-12)18(34-2)10-16(11)26-25-14-8-15(22(29)30)20(27)19(9-14)35(31,32)33/h3-10,27H,23H2,1-2H3,(H,24,28)(H,29,30)(H,31,32,33). The fourth-order valence-corrected chi connectivity index (χ4v) is 3.67. The molecule has 0 spiro atoms. The highest BCUT2D eigenvalue weighted by atomic mass is 32.2. The monoisotopic (exact) mass is 500 g/mol. The van der Waals surface area contributed by atoms with E-state index < -0.39 is 38.2 Å². The molecule has 0 aliphatic heterocycles. The fourth-order valence-electron chi connectivity index (χ4n) is 3.05. The number of benzene rings is 3. The molecule has 0 aliphatic carbocycles. The number of nitrogens with two attached hydrogens (primary N) is 1. The van der Waals surface area contributed by atoms with Gasteiger partial charge in [0, 0.05) is 17.3 Å². The van der Waals surface area contributed by atoms with E-state index in [9.17, 15) is 32.8 Å². The number of amides is 1. The molecule has 0 heterocycles. The highest BCUT2D eigenvalue weighted by molar-refractivity contribution is 7.86. The topological polar surface area (TPSA) is 201 Å². The Morgan fingerprint density at radius 3 is 2.40 bits per heavy atom. The van der Waals surface area contributed by atoms with E-state index in [1.807, 2.05) is 0 Å². The third-order valence-corrected chi connectivity index (χ3v) is 5.62. The molecule has 0 aliphatic rings. The molecule has 0 atom stereocenters. The van der Waals surface area contributed by atoms with Crippen LogP contribution in [0, 0.1) is 6.92 Å². The molecule has 182 valence electrons. The van der Waals surface area contributed by atoms with Gasteiger partial charge >= 0.3 is 5.97 Å². The number of rotatable bonds is 7. The van der Waals surface area contributed by atoms with E-state index in [2.05, 4.69) is 15.5 Å². The van der Waals surface area contributed by atoms with E-state index in [0.717, 1.165) is 12.1 Å². The molecule has 0 bridgehead atoms. The number of methoxy groups -OCH3 is 1. The van der Waals surface area contributed by atoms with Crippen molar-refractivity contribution in [2.75, 3.05) is 18.2 Å². The first kappa shape index (κ1) is 25.1. The van der Waals surface area contributed by atoms with Gasteiger partial charge < -0.3 is 26.0 Å². The lowest BCUT2D eigenvalue weighted by atomic mass is 10.1. The second-order valence-corrected chi connectivity index (χ2v) is 8.63. The molecule has 6 N–H and O–H groups in total. The second kappa shape index (κ2) is 9.79. The second-order valence-electron chi connectivity index (χ2n) is 7.24. The molecule has 3 rings (SSSR count). The number of aromatic carboxylic acids is 1. The van der Waals surface area contributed by atoms with Crippen LogP contribution in [0.1, 0.15) is 26.3 Å². The molecule has 12 nitrogen and oxygen atoms in total. The smallest absolute Gasteiger partial charge is 0.339 e. The number of carbonyl (C=O) groups is 2. The van der Waals surface area contributed by atoms with Crippen LogP contribution in [0.2, 0.25) is 0 Å². The number of hydrogen-bond donors (Lipinski definition) is 5. The Morgan fingerprint density at radius 2 is 1.80 bits per heavy atom. The minimum absolute atomic E-state index is 0.234. The van der Waals surface area contributed by atoms with Gasteiger partial charge in [0.05, 0.1) is 24.2 Å². The van der Waals surface area contributed by atoms with Gasteiger partial charge in [-0.05, 0) is 48.9 Å². The Kier molecular flexibility index (Phi) is 7.03. The van der Waals surface area contributed by atoms with Crippen molar-refractivity contribution in [3.05, 3.63) is 65.2 Å². The molecule has 0 radical (unpaired) electrons. The Labute approximate surface area is 199 Å². The normalized spacial score (nSPS) is 11.4. The number of carboxylic acid groups (broad SMARTS) is 1. The summed E-state index contributed by atoms with van der Waals surface area (Å²) in [6, 6.07) is 11.1. The minimum atomic E-state index is -4.94. The molecule has 0 unspecified atom stereocenters. The number of anilines is 2. The number of nitrogens with zero attached hydrogens (tertiary/aromatic N) is 2. The molecule has 0 saturated heterocycles. The first-order chi connectivity index (χ1) is 16.4. The predicted molar refractivity (Wildman–Crippen MR) is 126 cm³/mol. The molecular formula is C22H20N4O8S. The molecule has 1 amide bonds. The maximum absolute atomic E-state index is 12.6. The van der Waals surface area contributed by atoms with E-state index in [-0.39, 0.29) is 17.1 Å². The SMILES string of the molecule is COc1cc(N=Nc2cc(C(=O)O)c(O)c(S(=O)(=O)O)c2)c(C)cc1NC(=O)c1cccc(N)c1. The highest BCUT2D eigenvalue weighted by Gasteiger charge is 2.23. The number of ether oxygens (including phenoxy) is 1. The van der Waals surface area contributed by atoms with Crippen molar-refractivity contribution in [3.8, 4) is 11.5 Å². The third-order valence-electron chi connectivity index (χ3n) is 4.76. The molecule has 0 fully saturated rings. The number of aromatic hydroxyl groups is 1. The van der Waals surface area contributed by atoms with Crippen LogP contribution in [0.3, 0.4) is 0 Å². The maximum Gasteiger partial charge on any atom is 0.339 e. The van der Waals surface area contributed by atoms with Gasteiger partial charge in [-0.1, -0.05) is 6.07 Å². The first-order valence-electron chi connectivity index (χ1n) is 9.75. The average Bonchev–Trinajstić information content (AvgIpc) is 2.78. The number of phenols is 1. The summed E-state index contributed by atoms with van der Waals surface area (Å²) in [5.41, 5.74) is 6.55. The summed E-state index contributed by atoms with van der Waals surface area (Å²) in [5, 5.41) is 29.6. The molecule has 35 heavy (non-hydrogen) atoms. The number of aryl methyl sites for hydroxylation is 1. The van der Waals surface area contributed by atoms with Crippen LogP contribution in [-0.4, -0.2) is 42.2 Å². The Morgan fingerprint density at radius 1 is 1.09 bits per heavy atom. The summed E-state index contributed by atoms with van der Waals surface area (Å²) in [4.78, 5) is 22.9. The maximum atomic E-state index is 12.6. The Bertz CT molecular complexity index is 1470. The summed E-state index contributed by atoms with van der Waals surface area (Å²) in [5.74, 6) is -2.95. The van der Waals surface area contributed by atoms with Crippen molar-refractivity contribution in [3.63, 3.8) is 0 Å². The highest BCUT2D eigenvalue weighted by Crippen LogP contribution is 2.36. The van der Waals surface area contributed by atoms with Crippen LogP contribution in [-0.2, 0) is 10.1 Å². The van der Waals surface area contributed by atoms with E-state index in [0.29, 0.717) is 22.5 Å². The van der Waals surface area contributed by atoms with Gasteiger partial charge in [-0.2, -0.15) is 18.6 Å². The van der Waals surface area contributed by atoms with Gasteiger partial charge in [0.15, 0.2) is 5.75 Å². The summed E-state index contributed by atoms with van der Waals surface area (Å²) in [6.07, 6.45) is 0. The molecule has 3 aromatic carbocycles. The number of hydrogen-bond acceptors (Lipinski definition) is 9. The largest absolute Gasteiger partial charge is 0.506 e. The fraction of sp³-hybridized carbons (Fsp3) is 0.0909. The Balaban J connectivity index is 1.97. The lowest BCUT2D eigenvalue weighted by Gasteiger charge is -2.13. The number of carbonyl (C=O) groups excluding carboxylic acids is 1. The van der Waals surface area contributed by atoms with Crippen LogP contribution in [0.5, 0.6) is 11.5 Å². The zero-order chi connectivity index (χ0) is 25.9. The first-order valence-corrected chi connectivity index (χ1v) is 11.2. The number of nitrogen functional groups attached to an aromatic ring is 1. The number of carboxylic acids is 1. The third kappa shape index (κ3) is 5.72. The zero-order valence-corrected chi connectivity index (χ0v) is 19.2. The van der Waals surface area contributed by atoms with Crippen molar-refractivity contribution >= 4 is 44.7 Å². The lowest BCUT2D eigenvalue weighted by Crippen LogP contribution is -2.13. The van der Waals surface area contributed by atoms with Gasteiger partial charge in [-0.25, -0.2) is 4.79 Å². The van der Waals surface area contributed by atoms with Gasteiger partial charge in [-0.3, -0.25) is 9.35 Å². The van der Waals surface area contributed by atoms with E-state index in [1.165, 1.54) is 19.2 Å². The van der Waals surface area contributed by atoms with Gasteiger partial charge in [0.2, 0.25) is 0 Å². The Hall–Kier alpha value is -4.49. The minimum Gasteiger partial charge on any atom is -0.506 e. The summed E-state index contributed by atoms with van der Waals surface area (Å²) in [7, 11) is -3.57. The quantitative estimate of drug-likeness (QED) is 0.181. The summed E-state index contributed by atoms with van der Waals surface area (Å²) >= 11 is 0. The van der Waals surface area contributed by atoms with Crippen molar-refractivity contribution in [2.24, 2.45) is 10.2 Å². The zero-order valence-electron chi connectivity index (χ0n) is 18.4. The number of nitrogens with one attached hydrogen (secondary N) is 1. The lowest BCUT2D eigenvalue weighted by molar-refractivity contribution is 0.0693. The van der Waals surface area contributed by atoms with Crippen molar-refractivity contribution in [1.29, 1.82) is 0 Å². The molecule has 3 aromatic rings. The molecular weight excluding hydrogens is 480 g/mol. The van der Waals surface area contributed by atoms with Crippen LogP contribution in [0.15, 0.2) is 63.7 Å². The molecule has 0 saturated carbocycles. The van der Waals surface area contributed by atoms with Crippen molar-refractivity contribution in [1.82, 2.24) is 0 Å². The summed E-state index contributed by atoms with van der Waals surface area (Å²) < 4.78 is 37.6. The van der Waals surface area contributed by atoms with Crippen LogP contribution in [0.4, 0.5) is 22.7 Å². The van der Waals surface area contributed by atoms with Crippen molar-refractivity contribution < 1.29 is 37.5 Å². The van der Waals surface area contributed by atoms with Crippen LogP contribution in [0.25, 0.3) is 0 Å². The summed E-state index contributed by atoms with van der Waals surface area (Å²) in [6.45, 7) is 1.66. The predicted octanol–water partition coefficient (Wildman–Crippen LogP) is 3.90. The van der Waals surface area contributed by atoms with E-state index in [4.69, 9.17) is 10.5 Å². The molecule has 13 heteroatoms. The average molecular weight is 500 g/mol. The van der Waals surface area contributed by atoms with Gasteiger partial charge in [0.1, 0.15) is 16.2 Å². The van der Waals surface area contributed by atoms with Gasteiger partial charge in [-0.15, -0.1) is 0 Å². The van der Waals surface area contributed by atoms with E-state index in [1.54, 1.807) is 31.2 Å². The van der Waals surface area contributed by atoms with Gasteiger partial charge in [0.25, 0.3) is 16.0 Å². The van der Waals surface area contributed by atoms with Crippen LogP contribution >= 0.6 is 0 Å². The van der Waals surface area contributed by atoms with E-state index >= 15 is 0 Å².